The number of hydrogen-bond acceptors (Lipinski definition) is 8. The fraction of sp³-hybridized carbons (Fsp3) is 0.136. The van der Waals surface area contributed by atoms with Crippen molar-refractivity contribution in [1.29, 1.82) is 0 Å². The van der Waals surface area contributed by atoms with Crippen molar-refractivity contribution >= 4 is 63.2 Å². The highest BCUT2D eigenvalue weighted by Crippen LogP contribution is 2.25. The van der Waals surface area contributed by atoms with Crippen LogP contribution in [0, 0.1) is 3.95 Å². The molecule has 0 aliphatic heterocycles. The smallest absolute Gasteiger partial charge is 0.337 e. The van der Waals surface area contributed by atoms with Crippen LogP contribution in [0.4, 0.5) is 5.69 Å². The molecule has 1 amide bonds. The number of esters is 1. The molecule has 1 N–H and O–H groups in total. The second kappa shape index (κ2) is 9.69. The zero-order valence-corrected chi connectivity index (χ0v) is 20.1. The van der Waals surface area contributed by atoms with E-state index in [0.717, 1.165) is 17.4 Å². The van der Waals surface area contributed by atoms with Gasteiger partial charge in [0.25, 0.3) is 5.56 Å². The number of thioether (sulfide) groups is 1. The van der Waals surface area contributed by atoms with Gasteiger partial charge in [0.15, 0.2) is 14.8 Å². The zero-order chi connectivity index (χ0) is 23.5. The van der Waals surface area contributed by atoms with Crippen molar-refractivity contribution in [3.8, 4) is 5.69 Å². The number of nitrogens with one attached hydrogen (secondary N) is 1. The van der Waals surface area contributed by atoms with Crippen LogP contribution in [-0.4, -0.2) is 38.9 Å². The first-order valence-corrected chi connectivity index (χ1v) is 11.9. The Kier molecular flexibility index (Phi) is 6.72. The van der Waals surface area contributed by atoms with Crippen LogP contribution in [0.1, 0.15) is 10.4 Å². The van der Waals surface area contributed by atoms with Crippen molar-refractivity contribution in [1.82, 2.24) is 14.1 Å². The van der Waals surface area contributed by atoms with Crippen molar-refractivity contribution in [3.63, 3.8) is 0 Å². The topological polar surface area (TPSA) is 95.2 Å². The fourth-order valence-electron chi connectivity index (χ4n) is 3.08. The molecule has 33 heavy (non-hydrogen) atoms. The number of amides is 1. The van der Waals surface area contributed by atoms with Crippen molar-refractivity contribution in [2.75, 3.05) is 18.2 Å². The van der Waals surface area contributed by atoms with Gasteiger partial charge in [0.1, 0.15) is 4.70 Å². The molecular weight excluding hydrogens is 480 g/mol. The number of thiazole rings is 1. The number of carbonyl (C=O) groups is 2. The summed E-state index contributed by atoms with van der Waals surface area (Å²) < 4.78 is 8.84. The van der Waals surface area contributed by atoms with Gasteiger partial charge in [-0.2, -0.15) is 0 Å². The van der Waals surface area contributed by atoms with Crippen LogP contribution in [0.25, 0.3) is 16.0 Å². The molecule has 0 bridgehead atoms. The monoisotopic (exact) mass is 498 g/mol. The average molecular weight is 499 g/mol. The van der Waals surface area contributed by atoms with E-state index >= 15 is 0 Å². The van der Waals surface area contributed by atoms with E-state index in [1.165, 1.54) is 23.0 Å². The van der Waals surface area contributed by atoms with Gasteiger partial charge < -0.3 is 10.1 Å². The van der Waals surface area contributed by atoms with Crippen LogP contribution >= 0.6 is 35.3 Å². The highest BCUT2D eigenvalue weighted by Gasteiger charge is 2.17. The van der Waals surface area contributed by atoms with E-state index in [4.69, 9.17) is 12.2 Å². The minimum Gasteiger partial charge on any atom is -0.465 e. The lowest BCUT2D eigenvalue weighted by atomic mass is 10.2. The van der Waals surface area contributed by atoms with Gasteiger partial charge in [-0.15, -0.1) is 0 Å². The molecule has 2 aromatic heterocycles. The summed E-state index contributed by atoms with van der Waals surface area (Å²) in [7, 11) is 2.93. The van der Waals surface area contributed by atoms with E-state index in [0.29, 0.717) is 30.7 Å². The van der Waals surface area contributed by atoms with E-state index in [1.54, 1.807) is 35.9 Å². The van der Waals surface area contributed by atoms with Crippen LogP contribution in [0.3, 0.4) is 0 Å². The molecular formula is C22H18N4O4S3. The number of anilines is 1. The quantitative estimate of drug-likeness (QED) is 0.186. The van der Waals surface area contributed by atoms with Gasteiger partial charge in [0.2, 0.25) is 5.91 Å². The summed E-state index contributed by atoms with van der Waals surface area (Å²) in [6.07, 6.45) is 0. The normalized spacial score (nSPS) is 10.8. The largest absolute Gasteiger partial charge is 0.465 e. The minimum absolute atomic E-state index is 0.0424. The molecule has 0 aliphatic rings. The lowest BCUT2D eigenvalue weighted by Gasteiger charge is -2.09. The molecule has 0 radical (unpaired) electrons. The van der Waals surface area contributed by atoms with Crippen LogP contribution in [-0.2, 0) is 16.6 Å². The molecule has 0 saturated heterocycles. The average Bonchev–Trinajstić information content (AvgIpc) is 3.16. The Morgan fingerprint density at radius 1 is 1.15 bits per heavy atom. The lowest BCUT2D eigenvalue weighted by molar-refractivity contribution is -0.113. The molecule has 8 nitrogen and oxygen atoms in total. The molecule has 2 heterocycles. The van der Waals surface area contributed by atoms with Gasteiger partial charge in [-0.25, -0.2) is 9.78 Å². The highest BCUT2D eigenvalue weighted by molar-refractivity contribution is 7.99. The SMILES string of the molecule is COC(=O)c1ccc(NC(=O)CSc2nc3c(sc(=S)n3-c3ccccc3)c(=O)n2C)cc1. The third-order valence-corrected chi connectivity index (χ3v) is 7.09. The summed E-state index contributed by atoms with van der Waals surface area (Å²) in [5.74, 6) is -0.680. The lowest BCUT2D eigenvalue weighted by Crippen LogP contribution is -2.21. The van der Waals surface area contributed by atoms with Gasteiger partial charge >= 0.3 is 5.97 Å². The fourth-order valence-corrected chi connectivity index (χ4v) is 5.19. The minimum atomic E-state index is -0.450. The summed E-state index contributed by atoms with van der Waals surface area (Å²) in [4.78, 5) is 41.5. The van der Waals surface area contributed by atoms with Crippen LogP contribution < -0.4 is 10.9 Å². The Hall–Kier alpha value is -3.28. The molecule has 0 spiro atoms. The molecule has 0 unspecified atom stereocenters. The Morgan fingerprint density at radius 2 is 1.85 bits per heavy atom. The number of benzene rings is 2. The second-order valence-corrected chi connectivity index (χ2v) is 9.44. The number of ether oxygens (including phenoxy) is 1. The van der Waals surface area contributed by atoms with Gasteiger partial charge in [0, 0.05) is 18.4 Å². The number of para-hydroxylation sites is 1. The Balaban J connectivity index is 1.56. The number of carbonyl (C=O) groups excluding carboxylic acids is 2. The van der Waals surface area contributed by atoms with Crippen molar-refractivity contribution in [3.05, 3.63) is 74.5 Å². The van der Waals surface area contributed by atoms with Crippen molar-refractivity contribution in [2.24, 2.45) is 7.05 Å². The first-order valence-electron chi connectivity index (χ1n) is 9.68. The molecule has 0 fully saturated rings. The summed E-state index contributed by atoms with van der Waals surface area (Å²) >= 11 is 7.85. The number of nitrogens with zero attached hydrogens (tertiary/aromatic N) is 3. The van der Waals surface area contributed by atoms with E-state index < -0.39 is 5.97 Å². The van der Waals surface area contributed by atoms with Crippen LogP contribution in [0.2, 0.25) is 0 Å². The first-order chi connectivity index (χ1) is 15.9. The number of hydrogen-bond donors (Lipinski definition) is 1. The molecule has 4 rings (SSSR count). The highest BCUT2D eigenvalue weighted by atomic mass is 32.2. The standard InChI is InChI=1S/C22H18N4O4S3/c1-25-19(28)17-18(26(22(31)33-17)15-6-4-3-5-7-15)24-21(25)32-12-16(27)23-14-10-8-13(9-11-14)20(29)30-2/h3-11H,12H2,1-2H3,(H,23,27). The molecule has 0 saturated carbocycles. The predicted octanol–water partition coefficient (Wildman–Crippen LogP) is 4.03. The summed E-state index contributed by atoms with van der Waals surface area (Å²) in [6, 6.07) is 15.8. The maximum atomic E-state index is 12.9. The van der Waals surface area contributed by atoms with E-state index in [2.05, 4.69) is 15.0 Å². The Morgan fingerprint density at radius 3 is 2.52 bits per heavy atom. The molecule has 11 heteroatoms. The van der Waals surface area contributed by atoms with Gasteiger partial charge in [-0.3, -0.25) is 18.7 Å². The second-order valence-electron chi connectivity index (χ2n) is 6.86. The maximum Gasteiger partial charge on any atom is 0.337 e. The summed E-state index contributed by atoms with van der Waals surface area (Å²) in [6.45, 7) is 0. The number of methoxy groups -OCH3 is 1. The van der Waals surface area contributed by atoms with Crippen LogP contribution in [0.15, 0.2) is 64.5 Å². The summed E-state index contributed by atoms with van der Waals surface area (Å²) in [5.41, 5.74) is 2.01. The Labute approximate surface area is 201 Å². The van der Waals surface area contributed by atoms with Gasteiger partial charge in [-0.05, 0) is 48.6 Å². The predicted molar refractivity (Wildman–Crippen MR) is 132 cm³/mol. The van der Waals surface area contributed by atoms with Gasteiger partial charge in [-0.1, -0.05) is 41.3 Å². The summed E-state index contributed by atoms with van der Waals surface area (Å²) in [5, 5.41) is 3.17. The third kappa shape index (κ3) is 4.75. The van der Waals surface area contributed by atoms with E-state index in [1.807, 2.05) is 30.3 Å². The Bertz CT molecular complexity index is 1460. The van der Waals surface area contributed by atoms with Crippen LogP contribution in [0.5, 0.6) is 0 Å². The number of fused-ring (bicyclic) bond motifs is 1. The molecule has 0 atom stereocenters. The van der Waals surface area contributed by atoms with Gasteiger partial charge in [0.05, 0.1) is 18.4 Å². The van der Waals surface area contributed by atoms with Crippen molar-refractivity contribution < 1.29 is 14.3 Å². The molecule has 0 aliphatic carbocycles. The maximum absolute atomic E-state index is 12.9. The third-order valence-electron chi connectivity index (χ3n) is 4.71. The number of aromatic nitrogens is 3. The first kappa shape index (κ1) is 22.9. The molecule has 4 aromatic rings. The van der Waals surface area contributed by atoms with E-state index in [-0.39, 0.29) is 17.2 Å². The van der Waals surface area contributed by atoms with E-state index in [9.17, 15) is 14.4 Å². The molecule has 2 aromatic carbocycles. The zero-order valence-electron chi connectivity index (χ0n) is 17.6. The molecule has 168 valence electrons. The van der Waals surface area contributed by atoms with Crippen molar-refractivity contribution in [2.45, 2.75) is 5.16 Å². The number of rotatable bonds is 6.